The van der Waals surface area contributed by atoms with E-state index in [2.05, 4.69) is 10.6 Å². The summed E-state index contributed by atoms with van der Waals surface area (Å²) in [5, 5.41) is 23.7. The lowest BCUT2D eigenvalue weighted by Crippen LogP contribution is -2.48. The van der Waals surface area contributed by atoms with Crippen LogP contribution in [-0.4, -0.2) is 42.1 Å². The van der Waals surface area contributed by atoms with Crippen LogP contribution in [0.4, 0.5) is 23.2 Å². The zero-order valence-corrected chi connectivity index (χ0v) is 23.7. The van der Waals surface area contributed by atoms with Gasteiger partial charge in [-0.2, -0.15) is 18.4 Å². The third-order valence-electron chi connectivity index (χ3n) is 9.05. The third-order valence-corrected chi connectivity index (χ3v) is 9.05. The standard InChI is InChI=1S/C31H31F4N3O6/c1-43-24-13-23(32)25(44-20-8-5-15(6-9-20)30(41)42)12-21(24)28(39)38-27-17-3-2-16(10-17)26(27)29(40)37-19-7-4-18(14-36)22(11-19)31(33,34)35/h4,7,11-13,15-17,20,26-27H,2-3,5-6,8-10H2,1H3,(H,37,40)(H,38,39)(H,41,42)/t15-,16-,17+,20+,26+,27-/m1/s1. The Hall–Kier alpha value is -4.34. The number of nitriles is 1. The van der Waals surface area contributed by atoms with Gasteiger partial charge in [-0.3, -0.25) is 14.4 Å². The highest BCUT2D eigenvalue weighted by Gasteiger charge is 2.51. The monoisotopic (exact) mass is 617 g/mol. The first-order chi connectivity index (χ1) is 20.9. The summed E-state index contributed by atoms with van der Waals surface area (Å²) in [5.41, 5.74) is -1.86. The number of hydrogen-bond donors (Lipinski definition) is 3. The van der Waals surface area contributed by atoms with Crippen LogP contribution in [0.25, 0.3) is 0 Å². The number of hydrogen-bond acceptors (Lipinski definition) is 6. The fraction of sp³-hybridized carbons (Fsp3) is 0.484. The Labute approximate surface area is 250 Å². The van der Waals surface area contributed by atoms with Gasteiger partial charge >= 0.3 is 12.1 Å². The molecule has 2 bridgehead atoms. The van der Waals surface area contributed by atoms with Gasteiger partial charge in [-0.05, 0) is 81.0 Å². The van der Waals surface area contributed by atoms with Crippen LogP contribution in [0.3, 0.4) is 0 Å². The molecule has 3 fully saturated rings. The number of carboxylic acids is 1. The maximum atomic E-state index is 14.9. The molecule has 3 aliphatic carbocycles. The number of nitrogens with zero attached hydrogens (tertiary/aromatic N) is 1. The number of methoxy groups -OCH3 is 1. The van der Waals surface area contributed by atoms with E-state index >= 15 is 0 Å². The Balaban J connectivity index is 1.33. The van der Waals surface area contributed by atoms with Crippen LogP contribution in [0.5, 0.6) is 11.5 Å². The van der Waals surface area contributed by atoms with Gasteiger partial charge in [0.1, 0.15) is 5.75 Å². The molecule has 234 valence electrons. The first kappa shape index (κ1) is 31.1. The molecule has 0 heterocycles. The molecule has 5 rings (SSSR count). The van der Waals surface area contributed by atoms with E-state index in [0.29, 0.717) is 32.1 Å². The van der Waals surface area contributed by atoms with Crippen molar-refractivity contribution in [3.63, 3.8) is 0 Å². The lowest BCUT2D eigenvalue weighted by atomic mass is 9.83. The number of nitrogens with one attached hydrogen (secondary N) is 2. The van der Waals surface area contributed by atoms with Crippen molar-refractivity contribution in [1.82, 2.24) is 5.32 Å². The van der Waals surface area contributed by atoms with Crippen molar-refractivity contribution in [3.8, 4) is 17.6 Å². The van der Waals surface area contributed by atoms with Crippen molar-refractivity contribution < 1.29 is 46.5 Å². The minimum absolute atomic E-state index is 0.0213. The predicted molar refractivity (Wildman–Crippen MR) is 147 cm³/mol. The number of ether oxygens (including phenoxy) is 2. The maximum Gasteiger partial charge on any atom is 0.417 e. The second-order valence-electron chi connectivity index (χ2n) is 11.6. The minimum atomic E-state index is -4.79. The molecule has 2 amide bonds. The molecule has 2 aromatic carbocycles. The number of anilines is 1. The molecular weight excluding hydrogens is 586 g/mol. The van der Waals surface area contributed by atoms with Crippen molar-refractivity contribution in [2.24, 2.45) is 23.7 Å². The van der Waals surface area contributed by atoms with Crippen LogP contribution in [0.1, 0.15) is 66.4 Å². The Bertz CT molecular complexity index is 1500. The molecular formula is C31H31F4N3O6. The zero-order chi connectivity index (χ0) is 31.8. The van der Waals surface area contributed by atoms with Gasteiger partial charge in [0.2, 0.25) is 5.91 Å². The van der Waals surface area contributed by atoms with E-state index < -0.39 is 64.9 Å². The third kappa shape index (κ3) is 6.30. The van der Waals surface area contributed by atoms with E-state index in [1.807, 2.05) is 0 Å². The van der Waals surface area contributed by atoms with Crippen LogP contribution in [-0.2, 0) is 15.8 Å². The number of amides is 2. The number of carbonyl (C=O) groups excluding carboxylic acids is 2. The summed E-state index contributed by atoms with van der Waals surface area (Å²) in [6.45, 7) is 0. The lowest BCUT2D eigenvalue weighted by molar-refractivity contribution is -0.143. The maximum absolute atomic E-state index is 14.9. The smallest absolute Gasteiger partial charge is 0.417 e. The molecule has 2 aromatic rings. The fourth-order valence-corrected chi connectivity index (χ4v) is 6.86. The van der Waals surface area contributed by atoms with Crippen LogP contribution >= 0.6 is 0 Å². The zero-order valence-electron chi connectivity index (χ0n) is 23.7. The number of fused-ring (bicyclic) bond motifs is 2. The molecule has 0 unspecified atom stereocenters. The number of rotatable bonds is 8. The van der Waals surface area contributed by atoms with Gasteiger partial charge in [0.05, 0.1) is 47.8 Å². The van der Waals surface area contributed by atoms with Crippen molar-refractivity contribution in [2.45, 2.75) is 63.3 Å². The average Bonchev–Trinajstić information content (AvgIpc) is 3.60. The van der Waals surface area contributed by atoms with Crippen LogP contribution in [0, 0.1) is 40.8 Å². The molecule has 3 saturated carbocycles. The molecule has 0 radical (unpaired) electrons. The van der Waals surface area contributed by atoms with Gasteiger partial charge in [-0.15, -0.1) is 0 Å². The van der Waals surface area contributed by atoms with E-state index in [4.69, 9.17) is 14.7 Å². The minimum Gasteiger partial charge on any atom is -0.496 e. The quantitative estimate of drug-likeness (QED) is 0.331. The van der Waals surface area contributed by atoms with Gasteiger partial charge in [0.15, 0.2) is 11.6 Å². The Morgan fingerprint density at radius 3 is 2.34 bits per heavy atom. The SMILES string of the molecule is COc1cc(F)c(O[C@H]2CC[C@@H](C(=O)O)CC2)cc1C(=O)N[C@@H]1[C@H]2CC[C@H](C2)[C@@H]1C(=O)Nc1ccc(C#N)c(C(F)(F)F)c1. The summed E-state index contributed by atoms with van der Waals surface area (Å²) >= 11 is 0. The lowest BCUT2D eigenvalue weighted by Gasteiger charge is -2.31. The van der Waals surface area contributed by atoms with Crippen LogP contribution in [0.15, 0.2) is 30.3 Å². The molecule has 9 nitrogen and oxygen atoms in total. The Morgan fingerprint density at radius 1 is 1.00 bits per heavy atom. The highest BCUT2D eigenvalue weighted by molar-refractivity contribution is 5.99. The molecule has 3 aliphatic rings. The number of benzene rings is 2. The highest BCUT2D eigenvalue weighted by Crippen LogP contribution is 2.49. The average molecular weight is 618 g/mol. The number of carbonyl (C=O) groups is 3. The summed E-state index contributed by atoms with van der Waals surface area (Å²) in [6.07, 6.45) is -1.49. The predicted octanol–water partition coefficient (Wildman–Crippen LogP) is 5.53. The molecule has 0 aliphatic heterocycles. The van der Waals surface area contributed by atoms with Crippen LogP contribution in [0.2, 0.25) is 0 Å². The number of halogens is 4. The molecule has 3 N–H and O–H groups in total. The molecule has 0 saturated heterocycles. The van der Waals surface area contributed by atoms with Crippen molar-refractivity contribution >= 4 is 23.5 Å². The summed E-state index contributed by atoms with van der Waals surface area (Å²) in [4.78, 5) is 38.2. The van der Waals surface area contributed by atoms with Crippen LogP contribution < -0.4 is 20.1 Å². The number of aliphatic carboxylic acids is 1. The van der Waals surface area contributed by atoms with E-state index in [1.165, 1.54) is 25.3 Å². The molecule has 13 heteroatoms. The number of alkyl halides is 3. The molecule has 4 atom stereocenters. The fourth-order valence-electron chi connectivity index (χ4n) is 6.86. The topological polar surface area (TPSA) is 138 Å². The molecule has 44 heavy (non-hydrogen) atoms. The summed E-state index contributed by atoms with van der Waals surface area (Å²) < 4.78 is 66.4. The van der Waals surface area contributed by atoms with E-state index in [1.54, 1.807) is 0 Å². The summed E-state index contributed by atoms with van der Waals surface area (Å²) in [7, 11) is 1.28. The number of carboxylic acid groups (broad SMARTS) is 1. The van der Waals surface area contributed by atoms with Gasteiger partial charge in [0.25, 0.3) is 5.91 Å². The Kier molecular flexibility index (Phi) is 8.72. The normalized spacial score (nSPS) is 26.0. The van der Waals surface area contributed by atoms with Gasteiger partial charge < -0.3 is 25.2 Å². The molecule has 0 aromatic heterocycles. The largest absolute Gasteiger partial charge is 0.496 e. The summed E-state index contributed by atoms with van der Waals surface area (Å²) in [5.74, 6) is -4.39. The van der Waals surface area contributed by atoms with Crippen molar-refractivity contribution in [1.29, 1.82) is 5.26 Å². The van der Waals surface area contributed by atoms with Gasteiger partial charge in [-0.1, -0.05) is 0 Å². The Morgan fingerprint density at radius 2 is 1.70 bits per heavy atom. The van der Waals surface area contributed by atoms with E-state index in [-0.39, 0.29) is 34.6 Å². The van der Waals surface area contributed by atoms with Crippen molar-refractivity contribution in [2.75, 3.05) is 12.4 Å². The van der Waals surface area contributed by atoms with E-state index in [0.717, 1.165) is 31.0 Å². The second kappa shape index (κ2) is 12.3. The van der Waals surface area contributed by atoms with Crippen molar-refractivity contribution in [3.05, 3.63) is 52.8 Å². The molecule has 0 spiro atoms. The highest BCUT2D eigenvalue weighted by atomic mass is 19.4. The van der Waals surface area contributed by atoms with Gasteiger partial charge in [0, 0.05) is 17.8 Å². The summed E-state index contributed by atoms with van der Waals surface area (Å²) in [6, 6.07) is 6.07. The first-order valence-electron chi connectivity index (χ1n) is 14.4. The first-order valence-corrected chi connectivity index (χ1v) is 14.4. The van der Waals surface area contributed by atoms with Gasteiger partial charge in [-0.25, -0.2) is 4.39 Å². The second-order valence-corrected chi connectivity index (χ2v) is 11.6. The van der Waals surface area contributed by atoms with E-state index in [9.17, 15) is 37.1 Å².